The van der Waals surface area contributed by atoms with Gasteiger partial charge in [0.1, 0.15) is 9.84 Å². The Labute approximate surface area is 102 Å². The Morgan fingerprint density at radius 2 is 1.65 bits per heavy atom. The van der Waals surface area contributed by atoms with Crippen LogP contribution in [0.4, 0.5) is 0 Å². The van der Waals surface area contributed by atoms with E-state index in [4.69, 9.17) is 5.11 Å². The van der Waals surface area contributed by atoms with Gasteiger partial charge in [0.15, 0.2) is 15.1 Å². The van der Waals surface area contributed by atoms with Crippen molar-refractivity contribution >= 4 is 25.6 Å². The van der Waals surface area contributed by atoms with Crippen LogP contribution in [-0.2, 0) is 24.5 Å². The largest absolute Gasteiger partial charge is 0.480 e. The molecular weight excluding hydrogens is 268 g/mol. The summed E-state index contributed by atoms with van der Waals surface area (Å²) in [4.78, 5) is 10.7. The minimum absolute atomic E-state index is 0.0157. The zero-order chi connectivity index (χ0) is 13.7. The average Bonchev–Trinajstić information content (AvgIpc) is 2.16. The van der Waals surface area contributed by atoms with Gasteiger partial charge in [0.25, 0.3) is 0 Å². The molecule has 0 rings (SSSR count). The zero-order valence-electron chi connectivity index (χ0n) is 9.92. The molecule has 0 aliphatic rings. The summed E-state index contributed by atoms with van der Waals surface area (Å²) in [6.07, 6.45) is -0.0690. The number of sulfone groups is 2. The van der Waals surface area contributed by atoms with Crippen LogP contribution < -0.4 is 0 Å². The van der Waals surface area contributed by atoms with Crippen molar-refractivity contribution in [3.63, 3.8) is 0 Å². The second kappa shape index (κ2) is 6.34. The first-order chi connectivity index (χ1) is 7.66. The van der Waals surface area contributed by atoms with Gasteiger partial charge in [-0.05, 0) is 12.8 Å². The second-order valence-corrected chi connectivity index (χ2v) is 8.47. The predicted octanol–water partition coefficient (Wildman–Crippen LogP) is 0.0892. The number of carboxylic acids is 1. The van der Waals surface area contributed by atoms with E-state index in [9.17, 15) is 21.6 Å². The Morgan fingerprint density at radius 3 is 2.00 bits per heavy atom. The molecule has 1 unspecified atom stereocenters. The summed E-state index contributed by atoms with van der Waals surface area (Å²) in [5.74, 6) is -2.05. The van der Waals surface area contributed by atoms with Crippen LogP contribution in [0.1, 0.15) is 26.7 Å². The molecule has 8 heteroatoms. The summed E-state index contributed by atoms with van der Waals surface area (Å²) in [7, 11) is -6.97. The van der Waals surface area contributed by atoms with Gasteiger partial charge < -0.3 is 5.11 Å². The smallest absolute Gasteiger partial charge is 0.321 e. The number of carbonyl (C=O) groups is 1. The third kappa shape index (κ3) is 5.49. The van der Waals surface area contributed by atoms with Crippen molar-refractivity contribution in [2.45, 2.75) is 31.9 Å². The molecule has 0 spiro atoms. The normalized spacial score (nSPS) is 14.5. The van der Waals surface area contributed by atoms with E-state index in [-0.39, 0.29) is 24.3 Å². The molecule has 0 aromatic heterocycles. The minimum atomic E-state index is -3.77. The summed E-state index contributed by atoms with van der Waals surface area (Å²) in [6.45, 7) is 2.95. The van der Waals surface area contributed by atoms with E-state index in [2.05, 4.69) is 0 Å². The fraction of sp³-hybridized carbons (Fsp3) is 0.889. The quantitative estimate of drug-likeness (QED) is 0.678. The first kappa shape index (κ1) is 16.4. The van der Waals surface area contributed by atoms with Gasteiger partial charge in [-0.2, -0.15) is 0 Å². The van der Waals surface area contributed by atoms with Crippen LogP contribution >= 0.6 is 0 Å². The van der Waals surface area contributed by atoms with Crippen molar-refractivity contribution in [1.29, 1.82) is 0 Å². The average molecular weight is 286 g/mol. The highest BCUT2D eigenvalue weighted by atomic mass is 32.2. The van der Waals surface area contributed by atoms with Gasteiger partial charge in [-0.15, -0.1) is 0 Å². The van der Waals surface area contributed by atoms with Crippen LogP contribution in [0, 0.1) is 0 Å². The van der Waals surface area contributed by atoms with Crippen molar-refractivity contribution in [3.05, 3.63) is 0 Å². The van der Waals surface area contributed by atoms with Crippen LogP contribution in [0.5, 0.6) is 0 Å². The molecule has 0 bridgehead atoms. The van der Waals surface area contributed by atoms with Crippen molar-refractivity contribution in [2.24, 2.45) is 0 Å². The fourth-order valence-corrected chi connectivity index (χ4v) is 4.05. The van der Waals surface area contributed by atoms with Crippen LogP contribution in [0.2, 0.25) is 0 Å². The number of hydrogen-bond acceptors (Lipinski definition) is 5. The van der Waals surface area contributed by atoms with E-state index in [1.807, 2.05) is 0 Å². The maximum atomic E-state index is 11.6. The van der Waals surface area contributed by atoms with E-state index in [0.29, 0.717) is 0 Å². The fourth-order valence-electron chi connectivity index (χ4n) is 1.35. The van der Waals surface area contributed by atoms with Gasteiger partial charge in [0.2, 0.25) is 0 Å². The molecule has 0 saturated carbocycles. The minimum Gasteiger partial charge on any atom is -0.480 e. The molecule has 17 heavy (non-hydrogen) atoms. The Hall–Kier alpha value is -0.630. The molecule has 0 heterocycles. The first-order valence-corrected chi connectivity index (χ1v) is 8.84. The molecule has 6 nitrogen and oxygen atoms in total. The van der Waals surface area contributed by atoms with Crippen molar-refractivity contribution in [2.75, 3.05) is 17.3 Å². The van der Waals surface area contributed by atoms with E-state index >= 15 is 0 Å². The second-order valence-electron chi connectivity index (χ2n) is 3.69. The molecule has 0 aromatic rings. The summed E-state index contributed by atoms with van der Waals surface area (Å²) in [6, 6.07) is 0. The van der Waals surface area contributed by atoms with Gasteiger partial charge in [0.05, 0.1) is 11.5 Å². The Balaban J connectivity index is 4.53. The Kier molecular flexibility index (Phi) is 6.11. The van der Waals surface area contributed by atoms with Crippen LogP contribution in [0.15, 0.2) is 0 Å². The summed E-state index contributed by atoms with van der Waals surface area (Å²) < 4.78 is 45.5. The SMILES string of the molecule is CCC(C(=O)O)S(=O)(=O)CCCS(=O)(=O)CC. The Morgan fingerprint density at radius 1 is 1.12 bits per heavy atom. The van der Waals surface area contributed by atoms with E-state index in [1.54, 1.807) is 0 Å². The molecule has 0 aromatic carbocycles. The van der Waals surface area contributed by atoms with Crippen LogP contribution in [-0.4, -0.2) is 50.4 Å². The van der Waals surface area contributed by atoms with Gasteiger partial charge in [-0.25, -0.2) is 16.8 Å². The standard InChI is InChI=1S/C9H18O6S2/c1-3-8(9(10)11)17(14,15)7-5-6-16(12,13)4-2/h8H,3-7H2,1-2H3,(H,10,11). The van der Waals surface area contributed by atoms with E-state index in [1.165, 1.54) is 13.8 Å². The molecule has 102 valence electrons. The topological polar surface area (TPSA) is 106 Å². The summed E-state index contributed by atoms with van der Waals surface area (Å²) >= 11 is 0. The summed E-state index contributed by atoms with van der Waals surface area (Å²) in [5, 5.41) is 7.28. The van der Waals surface area contributed by atoms with Gasteiger partial charge >= 0.3 is 5.97 Å². The molecule has 0 fully saturated rings. The predicted molar refractivity (Wildman–Crippen MR) is 64.4 cm³/mol. The lowest BCUT2D eigenvalue weighted by atomic mass is 10.3. The van der Waals surface area contributed by atoms with E-state index < -0.39 is 36.6 Å². The van der Waals surface area contributed by atoms with Gasteiger partial charge in [-0.1, -0.05) is 13.8 Å². The molecule has 0 radical (unpaired) electrons. The lowest BCUT2D eigenvalue weighted by Crippen LogP contribution is -2.32. The number of hydrogen-bond donors (Lipinski definition) is 1. The van der Waals surface area contributed by atoms with Crippen molar-refractivity contribution in [3.8, 4) is 0 Å². The molecule has 0 aliphatic carbocycles. The summed E-state index contributed by atoms with van der Waals surface area (Å²) in [5.41, 5.74) is 0. The highest BCUT2D eigenvalue weighted by molar-refractivity contribution is 7.93. The van der Waals surface area contributed by atoms with Crippen LogP contribution in [0.25, 0.3) is 0 Å². The zero-order valence-corrected chi connectivity index (χ0v) is 11.6. The maximum absolute atomic E-state index is 11.6. The molecule has 1 atom stereocenters. The van der Waals surface area contributed by atoms with Gasteiger partial charge in [0, 0.05) is 5.75 Å². The molecule has 1 N–H and O–H groups in total. The lowest BCUT2D eigenvalue weighted by molar-refractivity contribution is -0.136. The van der Waals surface area contributed by atoms with Gasteiger partial charge in [-0.3, -0.25) is 4.79 Å². The Bertz CT molecular complexity index is 448. The van der Waals surface area contributed by atoms with Crippen molar-refractivity contribution in [1.82, 2.24) is 0 Å². The van der Waals surface area contributed by atoms with Crippen molar-refractivity contribution < 1.29 is 26.7 Å². The third-order valence-electron chi connectivity index (χ3n) is 2.40. The highest BCUT2D eigenvalue weighted by Crippen LogP contribution is 2.09. The first-order valence-electron chi connectivity index (χ1n) is 5.31. The monoisotopic (exact) mass is 286 g/mol. The molecule has 0 amide bonds. The molecule has 0 aliphatic heterocycles. The number of aliphatic carboxylic acids is 1. The third-order valence-corrected chi connectivity index (χ3v) is 6.45. The number of carboxylic acid groups (broad SMARTS) is 1. The number of rotatable bonds is 8. The van der Waals surface area contributed by atoms with Crippen LogP contribution in [0.3, 0.4) is 0 Å². The van der Waals surface area contributed by atoms with E-state index in [0.717, 1.165) is 0 Å². The molecular formula is C9H18O6S2. The highest BCUT2D eigenvalue weighted by Gasteiger charge is 2.30. The lowest BCUT2D eigenvalue weighted by Gasteiger charge is -2.10. The molecule has 0 saturated heterocycles. The maximum Gasteiger partial charge on any atom is 0.321 e.